The Hall–Kier alpha value is -2.33. The molecule has 3 aromatic carbocycles. The average Bonchev–Trinajstić information content (AvgIpc) is 2.69. The number of carbonyl (C=O) groups excluding carboxylic acids is 1. The molecule has 1 unspecified atom stereocenters. The van der Waals surface area contributed by atoms with E-state index >= 15 is 0 Å². The molecule has 1 atom stereocenters. The summed E-state index contributed by atoms with van der Waals surface area (Å²) in [6.45, 7) is 1.70. The van der Waals surface area contributed by atoms with E-state index in [0.717, 1.165) is 11.1 Å². The summed E-state index contributed by atoms with van der Waals surface area (Å²) >= 11 is 12.0. The third-order valence-corrected chi connectivity index (χ3v) is 4.94. The molecule has 1 amide bonds. The molecule has 0 aliphatic heterocycles. The molecule has 138 valence electrons. The van der Waals surface area contributed by atoms with Crippen LogP contribution in [-0.2, 0) is 5.60 Å². The lowest BCUT2D eigenvalue weighted by molar-refractivity contribution is 0.0526. The molecule has 2 N–H and O–H groups in total. The number of aliphatic hydroxyl groups is 1. The van der Waals surface area contributed by atoms with E-state index in [4.69, 9.17) is 23.2 Å². The molecular weight excluding hydrogens is 381 g/mol. The van der Waals surface area contributed by atoms with Gasteiger partial charge in [-0.25, -0.2) is 0 Å². The summed E-state index contributed by atoms with van der Waals surface area (Å²) in [5.74, 6) is -0.385. The second kappa shape index (κ2) is 8.13. The van der Waals surface area contributed by atoms with E-state index < -0.39 is 5.60 Å². The van der Waals surface area contributed by atoms with E-state index in [-0.39, 0.29) is 18.0 Å². The van der Waals surface area contributed by atoms with Gasteiger partial charge in [-0.1, -0.05) is 77.8 Å². The molecular formula is C22H19Cl2NO2. The summed E-state index contributed by atoms with van der Waals surface area (Å²) in [6, 6.07) is 22.3. The minimum absolute atomic E-state index is 0.0410. The largest absolute Gasteiger partial charge is 0.384 e. The fourth-order valence-corrected chi connectivity index (χ4v) is 3.15. The number of rotatable bonds is 5. The molecule has 0 aromatic heterocycles. The first-order valence-corrected chi connectivity index (χ1v) is 9.24. The van der Waals surface area contributed by atoms with Crippen LogP contribution in [0, 0.1) is 0 Å². The highest BCUT2D eigenvalue weighted by atomic mass is 35.5. The van der Waals surface area contributed by atoms with Gasteiger partial charge in [-0.05, 0) is 41.8 Å². The predicted octanol–water partition coefficient (Wildman–Crippen LogP) is 5.30. The summed E-state index contributed by atoms with van der Waals surface area (Å²) in [6.07, 6.45) is 0. The zero-order chi connectivity index (χ0) is 19.4. The topological polar surface area (TPSA) is 49.3 Å². The summed E-state index contributed by atoms with van der Waals surface area (Å²) in [5.41, 5.74) is 1.92. The van der Waals surface area contributed by atoms with E-state index in [2.05, 4.69) is 5.32 Å². The monoisotopic (exact) mass is 399 g/mol. The van der Waals surface area contributed by atoms with E-state index in [1.54, 1.807) is 19.1 Å². The zero-order valence-corrected chi connectivity index (χ0v) is 16.3. The molecule has 27 heavy (non-hydrogen) atoms. The van der Waals surface area contributed by atoms with Crippen LogP contribution in [0.25, 0.3) is 11.1 Å². The average molecular weight is 400 g/mol. The van der Waals surface area contributed by atoms with Crippen molar-refractivity contribution in [2.75, 3.05) is 6.54 Å². The van der Waals surface area contributed by atoms with Crippen molar-refractivity contribution in [1.29, 1.82) is 0 Å². The second-order valence-corrected chi connectivity index (χ2v) is 7.37. The van der Waals surface area contributed by atoms with E-state index in [0.29, 0.717) is 15.6 Å². The van der Waals surface area contributed by atoms with Gasteiger partial charge in [-0.15, -0.1) is 0 Å². The third kappa shape index (κ3) is 4.69. The Morgan fingerprint density at radius 3 is 2.26 bits per heavy atom. The highest BCUT2D eigenvalue weighted by Crippen LogP contribution is 2.25. The van der Waals surface area contributed by atoms with Gasteiger partial charge in [0.1, 0.15) is 5.60 Å². The van der Waals surface area contributed by atoms with Gasteiger partial charge in [0.25, 0.3) is 5.91 Å². The van der Waals surface area contributed by atoms with Crippen molar-refractivity contribution in [2.24, 2.45) is 0 Å². The van der Waals surface area contributed by atoms with Crippen LogP contribution >= 0.6 is 23.2 Å². The molecule has 0 bridgehead atoms. The van der Waals surface area contributed by atoms with Gasteiger partial charge in [-0.2, -0.15) is 0 Å². The van der Waals surface area contributed by atoms with Crippen LogP contribution in [0.3, 0.4) is 0 Å². The summed E-state index contributed by atoms with van der Waals surface area (Å²) in [5, 5.41) is 14.2. The van der Waals surface area contributed by atoms with Gasteiger partial charge in [0, 0.05) is 5.02 Å². The Morgan fingerprint density at radius 1 is 0.963 bits per heavy atom. The lowest BCUT2D eigenvalue weighted by Crippen LogP contribution is -2.38. The number of hydrogen-bond acceptors (Lipinski definition) is 2. The smallest absolute Gasteiger partial charge is 0.252 e. The molecule has 0 heterocycles. The number of halogens is 2. The van der Waals surface area contributed by atoms with Crippen LogP contribution in [0.4, 0.5) is 0 Å². The molecule has 3 rings (SSSR count). The van der Waals surface area contributed by atoms with Crippen molar-refractivity contribution in [2.45, 2.75) is 12.5 Å². The Morgan fingerprint density at radius 2 is 1.59 bits per heavy atom. The maximum absolute atomic E-state index is 12.4. The lowest BCUT2D eigenvalue weighted by Gasteiger charge is -2.24. The van der Waals surface area contributed by atoms with Gasteiger partial charge in [-0.3, -0.25) is 4.79 Å². The third-order valence-electron chi connectivity index (χ3n) is 4.38. The molecule has 5 heteroatoms. The molecule has 0 radical (unpaired) electrons. The first-order valence-electron chi connectivity index (χ1n) is 8.48. The fraction of sp³-hybridized carbons (Fsp3) is 0.136. The molecule has 0 spiro atoms. The minimum atomic E-state index is -1.23. The van der Waals surface area contributed by atoms with Crippen molar-refractivity contribution in [3.63, 3.8) is 0 Å². The van der Waals surface area contributed by atoms with Gasteiger partial charge in [0.05, 0.1) is 17.1 Å². The van der Waals surface area contributed by atoms with Crippen LogP contribution in [-0.4, -0.2) is 17.6 Å². The van der Waals surface area contributed by atoms with Crippen molar-refractivity contribution < 1.29 is 9.90 Å². The van der Waals surface area contributed by atoms with Crippen LogP contribution in [0.1, 0.15) is 22.8 Å². The number of amides is 1. The predicted molar refractivity (Wildman–Crippen MR) is 110 cm³/mol. The lowest BCUT2D eigenvalue weighted by atomic mass is 9.93. The van der Waals surface area contributed by atoms with E-state index in [9.17, 15) is 9.90 Å². The van der Waals surface area contributed by atoms with Crippen LogP contribution < -0.4 is 5.32 Å². The van der Waals surface area contributed by atoms with Crippen LogP contribution in [0.15, 0.2) is 72.8 Å². The number of hydrogen-bond donors (Lipinski definition) is 2. The van der Waals surface area contributed by atoms with Gasteiger partial charge < -0.3 is 10.4 Å². The normalized spacial score (nSPS) is 13.0. The van der Waals surface area contributed by atoms with Crippen molar-refractivity contribution in [3.8, 4) is 11.1 Å². The number of nitrogens with one attached hydrogen (secondary N) is 1. The van der Waals surface area contributed by atoms with Gasteiger partial charge in [0.15, 0.2) is 0 Å². The number of benzene rings is 3. The Labute approximate surface area is 168 Å². The molecule has 0 aliphatic carbocycles. The van der Waals surface area contributed by atoms with E-state index in [1.807, 2.05) is 54.6 Å². The molecule has 0 saturated carbocycles. The Kier molecular flexibility index (Phi) is 5.85. The maximum Gasteiger partial charge on any atom is 0.252 e. The van der Waals surface area contributed by atoms with Gasteiger partial charge >= 0.3 is 0 Å². The van der Waals surface area contributed by atoms with Crippen molar-refractivity contribution in [1.82, 2.24) is 5.32 Å². The van der Waals surface area contributed by atoms with Crippen molar-refractivity contribution >= 4 is 29.1 Å². The highest BCUT2D eigenvalue weighted by molar-refractivity contribution is 6.35. The fourth-order valence-electron chi connectivity index (χ4n) is 2.77. The minimum Gasteiger partial charge on any atom is -0.384 e. The maximum atomic E-state index is 12.4. The van der Waals surface area contributed by atoms with Gasteiger partial charge in [0.2, 0.25) is 0 Å². The molecule has 3 nitrogen and oxygen atoms in total. The molecule has 0 fully saturated rings. The first-order chi connectivity index (χ1) is 12.9. The van der Waals surface area contributed by atoms with Crippen molar-refractivity contribution in [3.05, 3.63) is 94.0 Å². The first kappa shape index (κ1) is 19.4. The molecule has 0 saturated heterocycles. The summed E-state index contributed by atoms with van der Waals surface area (Å²) in [7, 11) is 0. The van der Waals surface area contributed by atoms with E-state index in [1.165, 1.54) is 6.07 Å². The van der Waals surface area contributed by atoms with Crippen LogP contribution in [0.5, 0.6) is 0 Å². The Balaban J connectivity index is 1.71. The summed E-state index contributed by atoms with van der Waals surface area (Å²) in [4.78, 5) is 12.4. The zero-order valence-electron chi connectivity index (χ0n) is 14.7. The Bertz CT molecular complexity index is 938. The number of carbonyl (C=O) groups is 1. The quantitative estimate of drug-likeness (QED) is 0.611. The highest BCUT2D eigenvalue weighted by Gasteiger charge is 2.24. The molecule has 0 aliphatic rings. The SMILES string of the molecule is CC(O)(CNC(=O)c1cc(Cl)ccc1Cl)c1ccc(-c2ccccc2)cc1. The second-order valence-electron chi connectivity index (χ2n) is 6.52. The standard InChI is InChI=1S/C22H19Cl2NO2/c1-22(27,14-25-21(26)19-13-18(23)11-12-20(19)24)17-9-7-16(8-10-17)15-5-3-2-4-6-15/h2-13,27H,14H2,1H3,(H,25,26). The molecule has 3 aromatic rings. The van der Waals surface area contributed by atoms with Crippen LogP contribution in [0.2, 0.25) is 10.0 Å². The summed E-state index contributed by atoms with van der Waals surface area (Å²) < 4.78 is 0.